The number of amides is 1. The number of rotatable bonds is 4. The minimum absolute atomic E-state index is 0.00318. The van der Waals surface area contributed by atoms with Crippen molar-refractivity contribution in [3.05, 3.63) is 52.6 Å². The second kappa shape index (κ2) is 6.68. The van der Waals surface area contributed by atoms with Gasteiger partial charge >= 0.3 is 0 Å². The topological polar surface area (TPSA) is 155 Å². The van der Waals surface area contributed by atoms with E-state index in [1.165, 1.54) is 17.1 Å². The van der Waals surface area contributed by atoms with Crippen LogP contribution < -0.4 is 22.3 Å². The van der Waals surface area contributed by atoms with Crippen molar-refractivity contribution in [1.29, 1.82) is 0 Å². The molecule has 11 heteroatoms. The molecule has 0 radical (unpaired) electrons. The van der Waals surface area contributed by atoms with Gasteiger partial charge in [0.15, 0.2) is 11.5 Å². The third kappa shape index (κ3) is 3.02. The van der Waals surface area contributed by atoms with Gasteiger partial charge in [0.1, 0.15) is 6.54 Å². The van der Waals surface area contributed by atoms with Crippen LogP contribution in [0, 0.1) is 0 Å². The van der Waals surface area contributed by atoms with E-state index in [4.69, 9.17) is 11.5 Å². The second-order valence-electron chi connectivity index (χ2n) is 6.44. The SMILES string of the molecule is NC1=CC(=O)C(NC(=O)Cn2ccnc2)=C/C1=N\c1c(N)n2n(c1=O)CCC2. The zero-order chi connectivity index (χ0) is 19.8. The number of aromatic nitrogens is 4. The predicted molar refractivity (Wildman–Crippen MR) is 101 cm³/mol. The normalized spacial score (nSPS) is 17.4. The van der Waals surface area contributed by atoms with Crippen LogP contribution in [0.15, 0.2) is 52.1 Å². The summed E-state index contributed by atoms with van der Waals surface area (Å²) in [6, 6.07) is 0. The molecule has 11 nitrogen and oxygen atoms in total. The smallest absolute Gasteiger partial charge is 0.294 e. The summed E-state index contributed by atoms with van der Waals surface area (Å²) < 4.78 is 4.76. The lowest BCUT2D eigenvalue weighted by Crippen LogP contribution is -2.33. The molecule has 0 saturated carbocycles. The summed E-state index contributed by atoms with van der Waals surface area (Å²) >= 11 is 0. The van der Waals surface area contributed by atoms with E-state index in [1.54, 1.807) is 21.6 Å². The van der Waals surface area contributed by atoms with Gasteiger partial charge in [-0.25, -0.2) is 14.7 Å². The third-order valence-electron chi connectivity index (χ3n) is 4.51. The average molecular weight is 382 g/mol. The fourth-order valence-electron chi connectivity index (χ4n) is 3.17. The highest BCUT2D eigenvalue weighted by atomic mass is 16.2. The summed E-state index contributed by atoms with van der Waals surface area (Å²) in [6.07, 6.45) is 8.00. The van der Waals surface area contributed by atoms with Crippen molar-refractivity contribution in [2.75, 3.05) is 5.73 Å². The number of aliphatic imine (C=N–C) groups is 1. The van der Waals surface area contributed by atoms with Crippen LogP contribution in [0.25, 0.3) is 0 Å². The van der Waals surface area contributed by atoms with Gasteiger partial charge in [-0.2, -0.15) is 0 Å². The van der Waals surface area contributed by atoms with Gasteiger partial charge < -0.3 is 21.4 Å². The molecule has 0 atom stereocenters. The maximum atomic E-state index is 12.5. The van der Waals surface area contributed by atoms with Gasteiger partial charge in [0, 0.05) is 31.6 Å². The molecule has 4 rings (SSSR count). The van der Waals surface area contributed by atoms with E-state index >= 15 is 0 Å². The van der Waals surface area contributed by atoms with Crippen LogP contribution in [-0.4, -0.2) is 36.3 Å². The summed E-state index contributed by atoms with van der Waals surface area (Å²) in [6.45, 7) is 1.21. The zero-order valence-corrected chi connectivity index (χ0v) is 14.8. The second-order valence-corrected chi connectivity index (χ2v) is 6.44. The molecule has 0 fully saturated rings. The molecule has 0 spiro atoms. The molecule has 5 N–H and O–H groups in total. The van der Waals surface area contributed by atoms with Crippen LogP contribution in [0.5, 0.6) is 0 Å². The summed E-state index contributed by atoms with van der Waals surface area (Å²) in [5.41, 5.74) is 12.0. The van der Waals surface area contributed by atoms with E-state index in [9.17, 15) is 14.4 Å². The number of hydrogen-bond acceptors (Lipinski definition) is 7. The number of nitrogens with zero attached hydrogens (tertiary/aromatic N) is 5. The number of nitrogens with one attached hydrogen (secondary N) is 1. The molecule has 3 heterocycles. The van der Waals surface area contributed by atoms with Gasteiger partial charge in [0.05, 0.1) is 23.4 Å². The van der Waals surface area contributed by atoms with Crippen molar-refractivity contribution in [3.63, 3.8) is 0 Å². The molecule has 2 aliphatic rings. The van der Waals surface area contributed by atoms with Gasteiger partial charge in [-0.15, -0.1) is 0 Å². The highest BCUT2D eigenvalue weighted by Crippen LogP contribution is 2.23. The summed E-state index contributed by atoms with van der Waals surface area (Å²) in [5, 5.41) is 2.53. The van der Waals surface area contributed by atoms with E-state index in [-0.39, 0.29) is 40.7 Å². The first kappa shape index (κ1) is 17.5. The van der Waals surface area contributed by atoms with Crippen molar-refractivity contribution < 1.29 is 9.59 Å². The first-order chi connectivity index (χ1) is 13.4. The molecule has 0 bridgehead atoms. The largest absolute Gasteiger partial charge is 0.397 e. The first-order valence-corrected chi connectivity index (χ1v) is 8.61. The van der Waals surface area contributed by atoms with E-state index in [0.29, 0.717) is 13.1 Å². The van der Waals surface area contributed by atoms with Crippen LogP contribution in [0.4, 0.5) is 11.5 Å². The monoisotopic (exact) mass is 382 g/mol. The highest BCUT2D eigenvalue weighted by molar-refractivity contribution is 6.22. The van der Waals surface area contributed by atoms with Crippen LogP contribution in [0.2, 0.25) is 0 Å². The molecule has 144 valence electrons. The van der Waals surface area contributed by atoms with E-state index < -0.39 is 11.7 Å². The minimum Gasteiger partial charge on any atom is -0.397 e. The molecular weight excluding hydrogens is 364 g/mol. The molecule has 1 amide bonds. The lowest BCUT2D eigenvalue weighted by atomic mass is 10.1. The Morgan fingerprint density at radius 3 is 2.71 bits per heavy atom. The van der Waals surface area contributed by atoms with Gasteiger partial charge in [-0.05, 0) is 12.5 Å². The number of ketones is 1. The molecule has 2 aromatic rings. The van der Waals surface area contributed by atoms with Crippen LogP contribution in [-0.2, 0) is 29.2 Å². The maximum absolute atomic E-state index is 12.5. The number of carbonyl (C=O) groups excluding carboxylic acids is 2. The molecule has 1 aliphatic heterocycles. The summed E-state index contributed by atoms with van der Waals surface area (Å²) in [7, 11) is 0. The Morgan fingerprint density at radius 2 is 2.00 bits per heavy atom. The number of imidazole rings is 1. The van der Waals surface area contributed by atoms with Crippen molar-refractivity contribution >= 4 is 28.9 Å². The van der Waals surface area contributed by atoms with Crippen molar-refractivity contribution in [3.8, 4) is 0 Å². The van der Waals surface area contributed by atoms with Crippen molar-refractivity contribution in [2.24, 2.45) is 10.7 Å². The Bertz CT molecular complexity index is 1110. The summed E-state index contributed by atoms with van der Waals surface area (Å²) in [5.74, 6) is -0.619. The summed E-state index contributed by atoms with van der Waals surface area (Å²) in [4.78, 5) is 45.0. The molecule has 0 aromatic carbocycles. The minimum atomic E-state index is -0.459. The number of nitrogen functional groups attached to an aromatic ring is 1. The molecular formula is C17H18N8O3. The fraction of sp³-hybridized carbons (Fsp3) is 0.235. The highest BCUT2D eigenvalue weighted by Gasteiger charge is 2.24. The predicted octanol–water partition coefficient (Wildman–Crippen LogP) is -0.970. The van der Waals surface area contributed by atoms with Gasteiger partial charge in [-0.1, -0.05) is 0 Å². The zero-order valence-electron chi connectivity index (χ0n) is 14.8. The number of allylic oxidation sites excluding steroid dienone is 2. The molecule has 0 unspecified atom stereocenters. The number of carbonyl (C=O) groups is 2. The molecule has 0 saturated heterocycles. The standard InChI is InChI=1S/C17H18N8O3/c18-10-6-13(26)12(21-14(27)8-23-5-2-20-9-23)7-11(10)22-15-16(19)24-3-1-4-25(24)17(15)28/h2,5-7,9H,1,3-4,8,18-19H2,(H,21,27)/b22-11+. The van der Waals surface area contributed by atoms with Gasteiger partial charge in [-0.3, -0.25) is 19.1 Å². The number of hydrogen-bond donors (Lipinski definition) is 3. The van der Waals surface area contributed by atoms with E-state index in [1.807, 2.05) is 0 Å². The lowest BCUT2D eigenvalue weighted by Gasteiger charge is -2.13. The Kier molecular flexibility index (Phi) is 4.18. The Hall–Kier alpha value is -3.89. The third-order valence-corrected chi connectivity index (χ3v) is 4.51. The van der Waals surface area contributed by atoms with Crippen LogP contribution >= 0.6 is 0 Å². The molecule has 2 aromatic heterocycles. The van der Waals surface area contributed by atoms with E-state index in [0.717, 1.165) is 12.5 Å². The first-order valence-electron chi connectivity index (χ1n) is 8.61. The average Bonchev–Trinajstić information content (AvgIpc) is 3.36. The van der Waals surface area contributed by atoms with Gasteiger partial charge in [0.2, 0.25) is 11.7 Å². The Balaban J connectivity index is 1.63. The number of fused-ring (bicyclic) bond motifs is 1. The fourth-order valence-corrected chi connectivity index (χ4v) is 3.17. The number of nitrogens with two attached hydrogens (primary N) is 2. The quantitative estimate of drug-likeness (QED) is 0.578. The van der Waals surface area contributed by atoms with Gasteiger partial charge in [0.25, 0.3) is 5.56 Å². The van der Waals surface area contributed by atoms with Crippen LogP contribution in [0.1, 0.15) is 6.42 Å². The molecule has 1 aliphatic carbocycles. The van der Waals surface area contributed by atoms with E-state index in [2.05, 4.69) is 15.3 Å². The van der Waals surface area contributed by atoms with Crippen LogP contribution in [0.3, 0.4) is 0 Å². The maximum Gasteiger partial charge on any atom is 0.294 e. The Morgan fingerprint density at radius 1 is 1.21 bits per heavy atom. The Labute approximate surface area is 158 Å². The number of anilines is 1. The van der Waals surface area contributed by atoms with Crippen molar-refractivity contribution in [2.45, 2.75) is 26.1 Å². The molecule has 28 heavy (non-hydrogen) atoms. The van der Waals surface area contributed by atoms with Crippen molar-refractivity contribution in [1.82, 2.24) is 24.2 Å². The lowest BCUT2D eigenvalue weighted by molar-refractivity contribution is -0.122.